The molecule has 0 fully saturated rings. The molecule has 3 aromatic rings. The molecule has 2 aromatic heterocycles. The van der Waals surface area contributed by atoms with Gasteiger partial charge in [-0.25, -0.2) is 0 Å². The van der Waals surface area contributed by atoms with E-state index < -0.39 is 0 Å². The van der Waals surface area contributed by atoms with E-state index in [1.54, 1.807) is 0 Å². The number of aromatic nitrogens is 2. The van der Waals surface area contributed by atoms with Crippen LogP contribution in [-0.2, 0) is 7.05 Å². The number of nitrogens with two attached hydrogens (primary N) is 1. The van der Waals surface area contributed by atoms with Crippen molar-refractivity contribution in [2.45, 2.75) is 33.7 Å². The largest absolute Gasteiger partial charge is 0.459 e. The Bertz CT molecular complexity index is 826. The average molecular weight is 283 g/mol. The highest BCUT2D eigenvalue weighted by Gasteiger charge is 2.24. The van der Waals surface area contributed by atoms with Crippen LogP contribution >= 0.6 is 0 Å². The Labute approximate surface area is 124 Å². The van der Waals surface area contributed by atoms with Gasteiger partial charge in [0.05, 0.1) is 11.7 Å². The van der Waals surface area contributed by atoms with E-state index in [2.05, 4.69) is 31.1 Å². The fourth-order valence-corrected chi connectivity index (χ4v) is 3.02. The summed E-state index contributed by atoms with van der Waals surface area (Å²) in [5.74, 6) is 0.829. The second-order valence-corrected chi connectivity index (χ2v) is 5.78. The van der Waals surface area contributed by atoms with Crippen molar-refractivity contribution in [1.82, 2.24) is 9.78 Å². The number of nitrogens with zero attached hydrogens (tertiary/aromatic N) is 2. The normalized spacial score (nSPS) is 13.0. The highest BCUT2D eigenvalue weighted by atomic mass is 16.3. The summed E-state index contributed by atoms with van der Waals surface area (Å²) in [4.78, 5) is 0. The van der Waals surface area contributed by atoms with Gasteiger partial charge in [-0.15, -0.1) is 0 Å². The maximum Gasteiger partial charge on any atom is 0.134 e. The number of rotatable bonds is 2. The third kappa shape index (κ3) is 2.07. The molecule has 0 aliphatic heterocycles. The van der Waals surface area contributed by atoms with Gasteiger partial charge >= 0.3 is 0 Å². The highest BCUT2D eigenvalue weighted by molar-refractivity contribution is 5.83. The lowest BCUT2D eigenvalue weighted by Gasteiger charge is -2.11. The Morgan fingerprint density at radius 2 is 1.90 bits per heavy atom. The van der Waals surface area contributed by atoms with Gasteiger partial charge in [0.15, 0.2) is 0 Å². The first-order valence-electron chi connectivity index (χ1n) is 7.15. The van der Waals surface area contributed by atoms with Crippen LogP contribution in [0.25, 0.3) is 11.0 Å². The zero-order valence-electron chi connectivity index (χ0n) is 13.2. The number of benzene rings is 1. The molecule has 0 aliphatic rings. The number of aryl methyl sites for hydroxylation is 4. The van der Waals surface area contributed by atoms with Gasteiger partial charge in [-0.2, -0.15) is 5.10 Å². The van der Waals surface area contributed by atoms with Crippen molar-refractivity contribution in [3.05, 3.63) is 52.0 Å². The molecule has 0 bridgehead atoms. The minimum Gasteiger partial charge on any atom is -0.459 e. The lowest BCUT2D eigenvalue weighted by molar-refractivity contribution is 0.519. The molecule has 1 unspecified atom stereocenters. The van der Waals surface area contributed by atoms with Crippen molar-refractivity contribution >= 4 is 11.0 Å². The van der Waals surface area contributed by atoms with E-state index in [9.17, 15) is 0 Å². The Hall–Kier alpha value is -2.07. The fourth-order valence-electron chi connectivity index (χ4n) is 3.02. The zero-order chi connectivity index (χ0) is 15.3. The summed E-state index contributed by atoms with van der Waals surface area (Å²) in [6.07, 6.45) is 0. The van der Waals surface area contributed by atoms with Crippen LogP contribution in [0.4, 0.5) is 0 Å². The summed E-state index contributed by atoms with van der Waals surface area (Å²) < 4.78 is 7.89. The van der Waals surface area contributed by atoms with Gasteiger partial charge in [0.25, 0.3) is 0 Å². The maximum absolute atomic E-state index is 6.49. The number of furan rings is 1. The molecule has 2 heterocycles. The molecule has 21 heavy (non-hydrogen) atoms. The van der Waals surface area contributed by atoms with Crippen molar-refractivity contribution in [2.75, 3.05) is 0 Å². The molecular formula is C17H21N3O. The fraction of sp³-hybridized carbons (Fsp3) is 0.353. The molecule has 4 nitrogen and oxygen atoms in total. The lowest BCUT2D eigenvalue weighted by Crippen LogP contribution is -2.14. The van der Waals surface area contributed by atoms with E-state index in [0.717, 1.165) is 39.2 Å². The predicted octanol–water partition coefficient (Wildman–Crippen LogP) is 3.45. The Kier molecular flexibility index (Phi) is 3.14. The van der Waals surface area contributed by atoms with E-state index in [-0.39, 0.29) is 6.04 Å². The van der Waals surface area contributed by atoms with Crippen molar-refractivity contribution in [1.29, 1.82) is 0 Å². The second-order valence-electron chi connectivity index (χ2n) is 5.78. The zero-order valence-corrected chi connectivity index (χ0v) is 13.2. The molecule has 0 saturated carbocycles. The van der Waals surface area contributed by atoms with E-state index >= 15 is 0 Å². The summed E-state index contributed by atoms with van der Waals surface area (Å²) >= 11 is 0. The number of hydrogen-bond acceptors (Lipinski definition) is 3. The van der Waals surface area contributed by atoms with Crippen LogP contribution in [0, 0.1) is 27.7 Å². The van der Waals surface area contributed by atoms with Gasteiger partial charge in [0.2, 0.25) is 0 Å². The number of fused-ring (bicyclic) bond motifs is 1. The molecule has 0 aliphatic carbocycles. The van der Waals surface area contributed by atoms with Gasteiger partial charge in [-0.05, 0) is 39.8 Å². The van der Waals surface area contributed by atoms with Crippen LogP contribution in [0.5, 0.6) is 0 Å². The minimum absolute atomic E-state index is 0.286. The first kappa shape index (κ1) is 13.9. The highest BCUT2D eigenvalue weighted by Crippen LogP contribution is 2.33. The first-order chi connectivity index (χ1) is 9.90. The SMILES string of the molecule is Cc1ccc2oc(C(N)c3c(C)nn(C)c3C)c(C)c2c1. The summed E-state index contributed by atoms with van der Waals surface area (Å²) in [7, 11) is 1.94. The van der Waals surface area contributed by atoms with Gasteiger partial charge in [0, 0.05) is 29.3 Å². The molecule has 2 N–H and O–H groups in total. The van der Waals surface area contributed by atoms with E-state index in [4.69, 9.17) is 10.2 Å². The maximum atomic E-state index is 6.49. The Morgan fingerprint density at radius 3 is 2.52 bits per heavy atom. The van der Waals surface area contributed by atoms with Crippen molar-refractivity contribution in [3.63, 3.8) is 0 Å². The topological polar surface area (TPSA) is 57.0 Å². The summed E-state index contributed by atoms with van der Waals surface area (Å²) in [6.45, 7) is 8.18. The lowest BCUT2D eigenvalue weighted by atomic mass is 9.99. The average Bonchev–Trinajstić information content (AvgIpc) is 2.88. The standard InChI is InChI=1S/C17H21N3O/c1-9-6-7-14-13(8-9)10(2)17(21-14)16(18)15-11(3)19-20(5)12(15)4/h6-8,16H,18H2,1-5H3. The summed E-state index contributed by atoms with van der Waals surface area (Å²) in [5, 5.41) is 5.59. The van der Waals surface area contributed by atoms with Gasteiger partial charge in [0.1, 0.15) is 11.3 Å². The Morgan fingerprint density at radius 1 is 1.19 bits per heavy atom. The quantitative estimate of drug-likeness (QED) is 0.783. The van der Waals surface area contributed by atoms with E-state index in [1.807, 2.05) is 31.6 Å². The molecule has 0 amide bonds. The molecule has 3 rings (SSSR count). The molecule has 1 atom stereocenters. The van der Waals surface area contributed by atoms with Crippen molar-refractivity contribution < 1.29 is 4.42 Å². The Balaban J connectivity index is 2.18. The first-order valence-corrected chi connectivity index (χ1v) is 7.15. The smallest absolute Gasteiger partial charge is 0.134 e. The van der Waals surface area contributed by atoms with Gasteiger partial charge in [-0.1, -0.05) is 11.6 Å². The summed E-state index contributed by atoms with van der Waals surface area (Å²) in [5.41, 5.74) is 12.8. The number of hydrogen-bond donors (Lipinski definition) is 1. The van der Waals surface area contributed by atoms with Crippen molar-refractivity contribution in [2.24, 2.45) is 12.8 Å². The minimum atomic E-state index is -0.286. The predicted molar refractivity (Wildman–Crippen MR) is 84.4 cm³/mol. The van der Waals surface area contributed by atoms with E-state index in [0.29, 0.717) is 0 Å². The monoisotopic (exact) mass is 283 g/mol. The van der Waals surface area contributed by atoms with Crippen LogP contribution in [0.15, 0.2) is 22.6 Å². The van der Waals surface area contributed by atoms with Crippen LogP contribution < -0.4 is 5.73 Å². The van der Waals surface area contributed by atoms with Crippen LogP contribution in [-0.4, -0.2) is 9.78 Å². The molecule has 110 valence electrons. The summed E-state index contributed by atoms with van der Waals surface area (Å²) in [6, 6.07) is 5.93. The molecule has 0 radical (unpaired) electrons. The molecule has 0 spiro atoms. The molecular weight excluding hydrogens is 262 g/mol. The third-order valence-electron chi connectivity index (χ3n) is 4.29. The molecule has 1 aromatic carbocycles. The van der Waals surface area contributed by atoms with E-state index in [1.165, 1.54) is 5.56 Å². The van der Waals surface area contributed by atoms with Crippen LogP contribution in [0.2, 0.25) is 0 Å². The van der Waals surface area contributed by atoms with Gasteiger partial charge in [-0.3, -0.25) is 4.68 Å². The van der Waals surface area contributed by atoms with Crippen molar-refractivity contribution in [3.8, 4) is 0 Å². The van der Waals surface area contributed by atoms with Crippen LogP contribution in [0.3, 0.4) is 0 Å². The third-order valence-corrected chi connectivity index (χ3v) is 4.29. The second kappa shape index (κ2) is 4.74. The molecule has 4 heteroatoms. The molecule has 0 saturated heterocycles. The van der Waals surface area contributed by atoms with Crippen LogP contribution in [0.1, 0.15) is 39.9 Å². The van der Waals surface area contributed by atoms with Gasteiger partial charge < -0.3 is 10.2 Å².